The summed E-state index contributed by atoms with van der Waals surface area (Å²) in [6.45, 7) is 4.27. The van der Waals surface area contributed by atoms with Crippen molar-refractivity contribution in [3.8, 4) is 11.8 Å². The van der Waals surface area contributed by atoms with Crippen LogP contribution >= 0.6 is 11.3 Å². The van der Waals surface area contributed by atoms with Crippen LogP contribution < -0.4 is 5.69 Å². The summed E-state index contributed by atoms with van der Waals surface area (Å²) >= 11 is 1.57. The van der Waals surface area contributed by atoms with E-state index >= 15 is 0 Å². The summed E-state index contributed by atoms with van der Waals surface area (Å²) in [5.74, 6) is 5.94. The fourth-order valence-electron chi connectivity index (χ4n) is 1.90. The van der Waals surface area contributed by atoms with Crippen molar-refractivity contribution >= 4 is 11.3 Å². The number of aromatic nitrogens is 2. The van der Waals surface area contributed by atoms with Gasteiger partial charge in [0.1, 0.15) is 0 Å². The first-order valence-corrected chi connectivity index (χ1v) is 7.21. The summed E-state index contributed by atoms with van der Waals surface area (Å²) in [6, 6.07) is 3.83. The topological polar surface area (TPSA) is 55.1 Å². The van der Waals surface area contributed by atoms with Crippen LogP contribution in [0.5, 0.6) is 0 Å². The van der Waals surface area contributed by atoms with Gasteiger partial charge in [0.15, 0.2) is 0 Å². The van der Waals surface area contributed by atoms with E-state index in [0.29, 0.717) is 13.0 Å². The first-order chi connectivity index (χ1) is 9.61. The second kappa shape index (κ2) is 6.51. The standard InChI is InChI=1S/C15H16N2O2S/c1-11-9-12(2)17(15(19)16-11)10-14-13(6-8-20-14)5-3-4-7-18/h6,8-9,18H,4,7,10H2,1-2H3. The molecule has 0 bridgehead atoms. The van der Waals surface area contributed by atoms with Crippen molar-refractivity contribution in [2.45, 2.75) is 26.8 Å². The van der Waals surface area contributed by atoms with Gasteiger partial charge >= 0.3 is 5.69 Å². The van der Waals surface area contributed by atoms with Gasteiger partial charge in [-0.1, -0.05) is 11.8 Å². The lowest BCUT2D eigenvalue weighted by atomic mass is 10.2. The molecule has 2 heterocycles. The van der Waals surface area contributed by atoms with E-state index in [1.165, 1.54) is 0 Å². The number of aliphatic hydroxyl groups excluding tert-OH is 1. The summed E-state index contributed by atoms with van der Waals surface area (Å²) in [6.07, 6.45) is 0.459. The maximum atomic E-state index is 11.9. The minimum absolute atomic E-state index is 0.0624. The normalized spacial score (nSPS) is 10.2. The Kier molecular flexibility index (Phi) is 4.72. The molecule has 0 aromatic carbocycles. The zero-order chi connectivity index (χ0) is 14.5. The number of aliphatic hydroxyl groups is 1. The SMILES string of the molecule is Cc1cc(C)n(Cc2sccc2C#CCCO)c(=O)n1. The minimum Gasteiger partial charge on any atom is -0.395 e. The van der Waals surface area contributed by atoms with Crippen molar-refractivity contribution in [2.24, 2.45) is 0 Å². The van der Waals surface area contributed by atoms with E-state index in [9.17, 15) is 4.79 Å². The van der Waals surface area contributed by atoms with E-state index in [1.54, 1.807) is 15.9 Å². The smallest absolute Gasteiger partial charge is 0.348 e. The van der Waals surface area contributed by atoms with Crippen molar-refractivity contribution in [3.05, 3.63) is 49.8 Å². The molecule has 104 valence electrons. The highest BCUT2D eigenvalue weighted by molar-refractivity contribution is 7.10. The van der Waals surface area contributed by atoms with E-state index in [-0.39, 0.29) is 12.3 Å². The van der Waals surface area contributed by atoms with E-state index in [0.717, 1.165) is 21.8 Å². The van der Waals surface area contributed by atoms with Crippen LogP contribution in [0, 0.1) is 25.7 Å². The fraction of sp³-hybridized carbons (Fsp3) is 0.333. The average Bonchev–Trinajstić information content (AvgIpc) is 2.81. The van der Waals surface area contributed by atoms with Gasteiger partial charge in [-0.2, -0.15) is 4.98 Å². The highest BCUT2D eigenvalue weighted by atomic mass is 32.1. The highest BCUT2D eigenvalue weighted by Crippen LogP contribution is 2.17. The lowest BCUT2D eigenvalue weighted by molar-refractivity contribution is 0.305. The lowest BCUT2D eigenvalue weighted by Crippen LogP contribution is -2.26. The molecule has 0 amide bonds. The monoisotopic (exact) mass is 288 g/mol. The van der Waals surface area contributed by atoms with Gasteiger partial charge in [0, 0.05) is 28.2 Å². The van der Waals surface area contributed by atoms with Crippen LogP contribution in [0.1, 0.15) is 28.2 Å². The number of hydrogen-bond acceptors (Lipinski definition) is 4. The molecule has 5 heteroatoms. The Morgan fingerprint density at radius 2 is 2.25 bits per heavy atom. The molecule has 0 aliphatic rings. The van der Waals surface area contributed by atoms with Gasteiger partial charge < -0.3 is 5.11 Å². The second-order valence-corrected chi connectivity index (χ2v) is 5.44. The van der Waals surface area contributed by atoms with Crippen molar-refractivity contribution in [2.75, 3.05) is 6.61 Å². The average molecular weight is 288 g/mol. The number of hydrogen-bond donors (Lipinski definition) is 1. The number of rotatable bonds is 3. The summed E-state index contributed by atoms with van der Waals surface area (Å²) in [5.41, 5.74) is 2.31. The third kappa shape index (κ3) is 3.35. The van der Waals surface area contributed by atoms with Crippen molar-refractivity contribution in [1.82, 2.24) is 9.55 Å². The van der Waals surface area contributed by atoms with Gasteiger partial charge in [-0.25, -0.2) is 4.79 Å². The molecule has 0 saturated carbocycles. The maximum Gasteiger partial charge on any atom is 0.348 e. The predicted octanol–water partition coefficient (Wildman–Crippen LogP) is 1.70. The molecule has 0 atom stereocenters. The summed E-state index contributed by atoms with van der Waals surface area (Å²) in [4.78, 5) is 16.9. The maximum absolute atomic E-state index is 11.9. The van der Waals surface area contributed by atoms with Crippen LogP contribution in [0.2, 0.25) is 0 Å². The van der Waals surface area contributed by atoms with E-state index < -0.39 is 0 Å². The zero-order valence-corrected chi connectivity index (χ0v) is 12.3. The number of nitrogens with zero attached hydrogens (tertiary/aromatic N) is 2. The van der Waals surface area contributed by atoms with Crippen LogP contribution in [0.25, 0.3) is 0 Å². The molecule has 4 nitrogen and oxygen atoms in total. The van der Waals surface area contributed by atoms with Gasteiger partial charge in [-0.15, -0.1) is 11.3 Å². The Balaban J connectivity index is 2.31. The first kappa shape index (κ1) is 14.5. The van der Waals surface area contributed by atoms with Crippen molar-refractivity contribution < 1.29 is 5.11 Å². The summed E-state index contributed by atoms with van der Waals surface area (Å²) in [5, 5.41) is 10.7. The van der Waals surface area contributed by atoms with Gasteiger partial charge in [-0.05, 0) is 31.4 Å². The minimum atomic E-state index is -0.231. The molecule has 1 N–H and O–H groups in total. The molecule has 2 aromatic heterocycles. The van der Waals surface area contributed by atoms with Gasteiger partial charge in [0.25, 0.3) is 0 Å². The van der Waals surface area contributed by atoms with Crippen LogP contribution in [0.3, 0.4) is 0 Å². The molecular weight excluding hydrogens is 272 g/mol. The number of aryl methyl sites for hydroxylation is 2. The Bertz CT molecular complexity index is 719. The van der Waals surface area contributed by atoms with Gasteiger partial charge in [0.05, 0.1) is 13.2 Å². The molecule has 0 aliphatic carbocycles. The molecule has 0 aliphatic heterocycles. The van der Waals surface area contributed by atoms with Crippen molar-refractivity contribution in [1.29, 1.82) is 0 Å². The predicted molar refractivity (Wildman–Crippen MR) is 80.0 cm³/mol. The van der Waals surface area contributed by atoms with Gasteiger partial charge in [0.2, 0.25) is 0 Å². The second-order valence-electron chi connectivity index (χ2n) is 4.44. The van der Waals surface area contributed by atoms with E-state index in [2.05, 4.69) is 16.8 Å². The number of thiophene rings is 1. The Labute approximate surface area is 121 Å². The highest BCUT2D eigenvalue weighted by Gasteiger charge is 2.07. The zero-order valence-electron chi connectivity index (χ0n) is 11.5. The van der Waals surface area contributed by atoms with Crippen LogP contribution in [0.15, 0.2) is 22.3 Å². The quantitative estimate of drug-likeness (QED) is 0.875. The Morgan fingerprint density at radius 3 is 2.95 bits per heavy atom. The van der Waals surface area contributed by atoms with Crippen LogP contribution in [0.4, 0.5) is 0 Å². The van der Waals surface area contributed by atoms with Gasteiger partial charge in [-0.3, -0.25) is 4.57 Å². The summed E-state index contributed by atoms with van der Waals surface area (Å²) < 4.78 is 1.65. The molecule has 0 fully saturated rings. The molecule has 0 unspecified atom stereocenters. The Morgan fingerprint density at radius 1 is 1.45 bits per heavy atom. The van der Waals surface area contributed by atoms with E-state index in [1.807, 2.05) is 31.4 Å². The summed E-state index contributed by atoms with van der Waals surface area (Å²) in [7, 11) is 0. The van der Waals surface area contributed by atoms with Crippen molar-refractivity contribution in [3.63, 3.8) is 0 Å². The van der Waals surface area contributed by atoms with Crippen LogP contribution in [-0.2, 0) is 6.54 Å². The molecule has 20 heavy (non-hydrogen) atoms. The molecule has 0 radical (unpaired) electrons. The largest absolute Gasteiger partial charge is 0.395 e. The lowest BCUT2D eigenvalue weighted by Gasteiger charge is -2.08. The third-order valence-electron chi connectivity index (χ3n) is 2.85. The first-order valence-electron chi connectivity index (χ1n) is 6.33. The third-order valence-corrected chi connectivity index (χ3v) is 3.76. The molecule has 2 aromatic rings. The molecule has 0 spiro atoms. The van der Waals surface area contributed by atoms with Crippen LogP contribution in [-0.4, -0.2) is 21.3 Å². The molecular formula is C15H16N2O2S. The van der Waals surface area contributed by atoms with E-state index in [4.69, 9.17) is 5.11 Å². The Hall–Kier alpha value is -1.90. The molecule has 0 saturated heterocycles. The molecule has 2 rings (SSSR count). The fourth-order valence-corrected chi connectivity index (χ4v) is 2.72.